The fourth-order valence-electron chi connectivity index (χ4n) is 4.87. The molecule has 35 heavy (non-hydrogen) atoms. The average molecular weight is 464 g/mol. The van der Waals surface area contributed by atoms with Gasteiger partial charge in [0.25, 0.3) is 0 Å². The lowest BCUT2D eigenvalue weighted by atomic mass is 9.78. The molecule has 0 spiro atoms. The van der Waals surface area contributed by atoms with Gasteiger partial charge in [0.1, 0.15) is 0 Å². The van der Waals surface area contributed by atoms with E-state index in [0.717, 1.165) is 35.1 Å². The zero-order chi connectivity index (χ0) is 25.1. The molecule has 3 aromatic carbocycles. The second-order valence-corrected chi connectivity index (χ2v) is 9.83. The molecule has 0 heterocycles. The molecule has 6 heteroatoms. The number of rotatable bonds is 8. The number of carbonyl (C=O) groups excluding carboxylic acids is 3. The summed E-state index contributed by atoms with van der Waals surface area (Å²) >= 11 is 0. The maximum Gasteiger partial charge on any atom is 0.240 e. The van der Waals surface area contributed by atoms with Crippen LogP contribution in [0.2, 0.25) is 0 Å². The number of hydrogen-bond donors (Lipinski definition) is 0. The maximum atomic E-state index is 11.3. The number of hydrogen-bond acceptors (Lipinski definition) is 6. The van der Waals surface area contributed by atoms with Gasteiger partial charge in [-0.25, -0.2) is 14.4 Å². The van der Waals surface area contributed by atoms with E-state index in [-0.39, 0.29) is 16.7 Å². The molecule has 4 rings (SSSR count). The third-order valence-corrected chi connectivity index (χ3v) is 7.05. The van der Waals surface area contributed by atoms with Crippen LogP contribution in [0.1, 0.15) is 55.4 Å². The standard InChI is InChI=1S/C29H25N3O3/c1-28(2,15-20-4-9-23(10-5-20)30-17-33)22-8-13-25(27(14-22)32-19-35)26-16-29(26,3)21-6-11-24(12-7-21)31-18-34/h4-14,26H,15-16H2,1-3H3. The first kappa shape index (κ1) is 23.9. The lowest BCUT2D eigenvalue weighted by Gasteiger charge is -2.26. The van der Waals surface area contributed by atoms with Crippen molar-refractivity contribution in [3.05, 3.63) is 89.0 Å². The molecule has 0 aromatic heterocycles. The molecule has 0 saturated heterocycles. The summed E-state index contributed by atoms with van der Waals surface area (Å²) in [4.78, 5) is 43.6. The molecular formula is C29H25N3O3. The van der Waals surface area contributed by atoms with Gasteiger partial charge in [-0.1, -0.05) is 57.2 Å². The predicted octanol–water partition coefficient (Wildman–Crippen LogP) is 6.55. The highest BCUT2D eigenvalue weighted by Gasteiger charge is 2.52. The van der Waals surface area contributed by atoms with Crippen LogP contribution in [0.25, 0.3) is 0 Å². The predicted molar refractivity (Wildman–Crippen MR) is 134 cm³/mol. The Labute approximate surface area is 204 Å². The van der Waals surface area contributed by atoms with Crippen LogP contribution in [0, 0.1) is 0 Å². The van der Waals surface area contributed by atoms with Crippen molar-refractivity contribution in [1.82, 2.24) is 0 Å². The topological polar surface area (TPSA) is 88.3 Å². The molecule has 0 radical (unpaired) electrons. The Balaban J connectivity index is 1.60. The fourth-order valence-corrected chi connectivity index (χ4v) is 4.87. The van der Waals surface area contributed by atoms with E-state index in [0.29, 0.717) is 17.1 Å². The molecule has 1 saturated carbocycles. The van der Waals surface area contributed by atoms with E-state index < -0.39 is 0 Å². The molecule has 2 atom stereocenters. The summed E-state index contributed by atoms with van der Waals surface area (Å²) in [6, 6.07) is 21.3. The van der Waals surface area contributed by atoms with Crippen molar-refractivity contribution in [2.75, 3.05) is 0 Å². The van der Waals surface area contributed by atoms with Gasteiger partial charge in [0, 0.05) is 5.41 Å². The number of aliphatic imine (C=N–C) groups is 3. The van der Waals surface area contributed by atoms with Crippen LogP contribution >= 0.6 is 0 Å². The Morgan fingerprint density at radius 3 is 1.97 bits per heavy atom. The van der Waals surface area contributed by atoms with Crippen molar-refractivity contribution in [1.29, 1.82) is 0 Å². The van der Waals surface area contributed by atoms with Gasteiger partial charge < -0.3 is 0 Å². The fraction of sp³-hybridized carbons (Fsp3) is 0.276. The highest BCUT2D eigenvalue weighted by Crippen LogP contribution is 2.62. The van der Waals surface area contributed by atoms with Gasteiger partial charge in [-0.15, -0.1) is 0 Å². The number of nitrogens with zero attached hydrogens (tertiary/aromatic N) is 3. The van der Waals surface area contributed by atoms with Crippen molar-refractivity contribution in [3.8, 4) is 0 Å². The summed E-state index contributed by atoms with van der Waals surface area (Å²) in [7, 11) is 0. The normalized spacial score (nSPS) is 18.5. The monoisotopic (exact) mass is 463 g/mol. The molecule has 0 bridgehead atoms. The van der Waals surface area contributed by atoms with Crippen molar-refractivity contribution < 1.29 is 14.4 Å². The summed E-state index contributed by atoms with van der Waals surface area (Å²) < 4.78 is 0. The van der Waals surface area contributed by atoms with Crippen molar-refractivity contribution in [3.63, 3.8) is 0 Å². The Morgan fingerprint density at radius 2 is 1.40 bits per heavy atom. The smallest absolute Gasteiger partial charge is 0.211 e. The zero-order valence-corrected chi connectivity index (χ0v) is 19.9. The van der Waals surface area contributed by atoms with Crippen molar-refractivity contribution in [2.45, 2.75) is 50.4 Å². The van der Waals surface area contributed by atoms with E-state index in [9.17, 15) is 14.4 Å². The van der Waals surface area contributed by atoms with Crippen LogP contribution in [0.4, 0.5) is 17.1 Å². The molecule has 3 aromatic rings. The SMILES string of the molecule is CC(C)(Cc1ccc(N=C=O)cc1)c1ccc(C2CC2(C)c2ccc(N=C=O)cc2)c(N=C=O)c1. The van der Waals surface area contributed by atoms with E-state index in [1.165, 1.54) is 0 Å². The van der Waals surface area contributed by atoms with E-state index >= 15 is 0 Å². The van der Waals surface area contributed by atoms with Gasteiger partial charge >= 0.3 is 0 Å². The van der Waals surface area contributed by atoms with Gasteiger partial charge in [-0.3, -0.25) is 0 Å². The molecule has 2 unspecified atom stereocenters. The first-order chi connectivity index (χ1) is 16.8. The zero-order valence-electron chi connectivity index (χ0n) is 19.9. The van der Waals surface area contributed by atoms with Crippen LogP contribution in [0.3, 0.4) is 0 Å². The van der Waals surface area contributed by atoms with Gasteiger partial charge in [0.15, 0.2) is 0 Å². The molecule has 1 aliphatic carbocycles. The molecule has 0 N–H and O–H groups in total. The Morgan fingerprint density at radius 1 is 0.829 bits per heavy atom. The third-order valence-electron chi connectivity index (χ3n) is 7.05. The lowest BCUT2D eigenvalue weighted by Crippen LogP contribution is -2.20. The van der Waals surface area contributed by atoms with Crippen LogP contribution in [-0.4, -0.2) is 18.2 Å². The van der Waals surface area contributed by atoms with Crippen LogP contribution in [0.5, 0.6) is 0 Å². The van der Waals surface area contributed by atoms with Crippen LogP contribution < -0.4 is 0 Å². The van der Waals surface area contributed by atoms with E-state index in [4.69, 9.17) is 0 Å². The number of isocyanates is 3. The van der Waals surface area contributed by atoms with Gasteiger partial charge in [0.05, 0.1) is 17.1 Å². The Hall–Kier alpha value is -4.20. The highest BCUT2D eigenvalue weighted by atomic mass is 16.1. The summed E-state index contributed by atoms with van der Waals surface area (Å²) in [5, 5.41) is 0. The minimum absolute atomic E-state index is 0.0840. The second kappa shape index (κ2) is 9.58. The first-order valence-corrected chi connectivity index (χ1v) is 11.4. The molecule has 0 aliphatic heterocycles. The number of benzene rings is 3. The largest absolute Gasteiger partial charge is 0.240 e. The maximum absolute atomic E-state index is 11.3. The van der Waals surface area contributed by atoms with Gasteiger partial charge in [-0.05, 0) is 76.8 Å². The van der Waals surface area contributed by atoms with Gasteiger partial charge in [-0.2, -0.15) is 15.0 Å². The van der Waals surface area contributed by atoms with Crippen molar-refractivity contribution >= 4 is 35.3 Å². The van der Waals surface area contributed by atoms with Crippen LogP contribution in [-0.2, 0) is 31.6 Å². The average Bonchev–Trinajstić information content (AvgIpc) is 3.53. The second-order valence-electron chi connectivity index (χ2n) is 9.83. The van der Waals surface area contributed by atoms with E-state index in [1.54, 1.807) is 30.4 Å². The summed E-state index contributed by atoms with van der Waals surface area (Å²) in [6.07, 6.45) is 6.54. The molecule has 174 valence electrons. The molecule has 6 nitrogen and oxygen atoms in total. The quantitative estimate of drug-likeness (QED) is 0.280. The lowest BCUT2D eigenvalue weighted by molar-refractivity contribution is 0.522. The van der Waals surface area contributed by atoms with E-state index in [1.807, 2.05) is 42.5 Å². The minimum Gasteiger partial charge on any atom is -0.211 e. The highest BCUT2D eigenvalue weighted by molar-refractivity contribution is 5.61. The Kier molecular flexibility index (Phi) is 6.55. The van der Waals surface area contributed by atoms with Crippen LogP contribution in [0.15, 0.2) is 81.7 Å². The Bertz CT molecular complexity index is 1390. The third kappa shape index (κ3) is 5.01. The minimum atomic E-state index is -0.219. The van der Waals surface area contributed by atoms with Gasteiger partial charge in [0.2, 0.25) is 18.2 Å². The summed E-state index contributed by atoms with van der Waals surface area (Å²) in [5.74, 6) is 0.220. The summed E-state index contributed by atoms with van der Waals surface area (Å²) in [6.45, 7) is 6.50. The molecule has 0 amide bonds. The van der Waals surface area contributed by atoms with E-state index in [2.05, 4.69) is 47.9 Å². The summed E-state index contributed by atoms with van der Waals surface area (Å²) in [5.41, 5.74) is 5.87. The molecule has 1 aliphatic rings. The molecule has 1 fully saturated rings. The van der Waals surface area contributed by atoms with Crippen molar-refractivity contribution in [2.24, 2.45) is 15.0 Å². The first-order valence-electron chi connectivity index (χ1n) is 11.4. The molecular weight excluding hydrogens is 438 g/mol.